The molecule has 0 aliphatic carbocycles. The van der Waals surface area contributed by atoms with Crippen LogP contribution in [-0.2, 0) is 0 Å². The van der Waals surface area contributed by atoms with Crippen molar-refractivity contribution in [3.05, 3.63) is 42.2 Å². The van der Waals surface area contributed by atoms with Gasteiger partial charge in [-0.3, -0.25) is 20.4 Å². The molecule has 0 bridgehead atoms. The van der Waals surface area contributed by atoms with Crippen molar-refractivity contribution in [2.24, 2.45) is 0 Å². The normalized spacial score (nSPS) is 11.2. The first kappa shape index (κ1) is 14.1. The lowest BCUT2D eigenvalue weighted by molar-refractivity contribution is 0.102. The number of hydrogen-bond donors (Lipinski definition) is 3. The number of nitrogens with one attached hydrogen (secondary N) is 2. The summed E-state index contributed by atoms with van der Waals surface area (Å²) in [4.78, 5) is 18.7. The second-order valence-corrected chi connectivity index (χ2v) is 5.42. The standard InChI is InChI=1S/C14H18N4O2/c1-14(2,3)18(20)11-6-4-10(5-7-11)12(19)17-13-15-8-9-16-13/h4-9,20H,1-3H3,(H2,15,16,17,19). The van der Waals surface area contributed by atoms with Gasteiger partial charge in [0.25, 0.3) is 5.91 Å². The summed E-state index contributed by atoms with van der Waals surface area (Å²) in [5, 5.41) is 13.8. The van der Waals surface area contributed by atoms with Gasteiger partial charge in [0.2, 0.25) is 5.95 Å². The second kappa shape index (κ2) is 5.34. The van der Waals surface area contributed by atoms with Crippen LogP contribution in [0.2, 0.25) is 0 Å². The molecule has 0 saturated carbocycles. The third-order valence-corrected chi connectivity index (χ3v) is 2.74. The highest BCUT2D eigenvalue weighted by atomic mass is 16.5. The molecule has 3 N–H and O–H groups in total. The third-order valence-electron chi connectivity index (χ3n) is 2.74. The number of aromatic nitrogens is 2. The van der Waals surface area contributed by atoms with Gasteiger partial charge in [0.05, 0.1) is 11.2 Å². The molecule has 0 saturated heterocycles. The molecule has 0 radical (unpaired) electrons. The largest absolute Gasteiger partial charge is 0.331 e. The highest BCUT2D eigenvalue weighted by Crippen LogP contribution is 2.21. The lowest BCUT2D eigenvalue weighted by Gasteiger charge is -2.31. The van der Waals surface area contributed by atoms with E-state index in [4.69, 9.17) is 0 Å². The van der Waals surface area contributed by atoms with Crippen molar-refractivity contribution in [3.8, 4) is 0 Å². The monoisotopic (exact) mass is 274 g/mol. The second-order valence-electron chi connectivity index (χ2n) is 5.42. The van der Waals surface area contributed by atoms with Gasteiger partial charge in [-0.15, -0.1) is 0 Å². The van der Waals surface area contributed by atoms with Crippen molar-refractivity contribution in [1.29, 1.82) is 0 Å². The van der Waals surface area contributed by atoms with Crippen molar-refractivity contribution < 1.29 is 10.0 Å². The first-order valence-corrected chi connectivity index (χ1v) is 6.28. The molecule has 2 aromatic rings. The summed E-state index contributed by atoms with van der Waals surface area (Å²) >= 11 is 0. The molecule has 6 nitrogen and oxygen atoms in total. The Morgan fingerprint density at radius 3 is 2.45 bits per heavy atom. The van der Waals surface area contributed by atoms with E-state index in [-0.39, 0.29) is 5.91 Å². The van der Waals surface area contributed by atoms with Crippen molar-refractivity contribution in [3.63, 3.8) is 0 Å². The van der Waals surface area contributed by atoms with Gasteiger partial charge in [0, 0.05) is 18.0 Å². The molecule has 1 amide bonds. The molecule has 106 valence electrons. The molecule has 2 rings (SSSR count). The topological polar surface area (TPSA) is 81.2 Å². The molecule has 0 aliphatic rings. The predicted octanol–water partition coefficient (Wildman–Crippen LogP) is 2.66. The number of anilines is 2. The number of rotatable bonds is 3. The van der Waals surface area contributed by atoms with Crippen LogP contribution >= 0.6 is 0 Å². The number of hydrogen-bond acceptors (Lipinski definition) is 4. The van der Waals surface area contributed by atoms with E-state index in [1.165, 1.54) is 5.06 Å². The van der Waals surface area contributed by atoms with E-state index in [1.54, 1.807) is 36.7 Å². The molecule has 0 atom stereocenters. The van der Waals surface area contributed by atoms with Crippen LogP contribution in [0.5, 0.6) is 0 Å². The van der Waals surface area contributed by atoms with Crippen LogP contribution in [0.1, 0.15) is 31.1 Å². The van der Waals surface area contributed by atoms with Crippen LogP contribution in [0.25, 0.3) is 0 Å². The SMILES string of the molecule is CC(C)(C)N(O)c1ccc(C(=O)Nc2ncc[nH]2)cc1. The van der Waals surface area contributed by atoms with Crippen molar-refractivity contribution in [2.45, 2.75) is 26.3 Å². The fourth-order valence-corrected chi connectivity index (χ4v) is 1.65. The summed E-state index contributed by atoms with van der Waals surface area (Å²) in [6.45, 7) is 5.68. The fourth-order valence-electron chi connectivity index (χ4n) is 1.65. The smallest absolute Gasteiger partial charge is 0.257 e. The van der Waals surface area contributed by atoms with E-state index in [9.17, 15) is 10.0 Å². The van der Waals surface area contributed by atoms with E-state index < -0.39 is 5.54 Å². The number of carbonyl (C=O) groups excluding carboxylic acids is 1. The number of carbonyl (C=O) groups is 1. The number of H-pyrrole nitrogens is 1. The minimum absolute atomic E-state index is 0.258. The molecule has 0 fully saturated rings. The van der Waals surface area contributed by atoms with E-state index in [0.29, 0.717) is 17.2 Å². The van der Waals surface area contributed by atoms with Crippen LogP contribution in [0.15, 0.2) is 36.7 Å². The summed E-state index contributed by atoms with van der Waals surface area (Å²) in [7, 11) is 0. The quantitative estimate of drug-likeness (QED) is 0.752. The minimum atomic E-state index is -0.405. The Bertz CT molecular complexity index is 570. The van der Waals surface area contributed by atoms with Gasteiger partial charge in [-0.05, 0) is 45.0 Å². The van der Waals surface area contributed by atoms with E-state index in [0.717, 1.165) is 0 Å². The summed E-state index contributed by atoms with van der Waals surface area (Å²) < 4.78 is 0. The predicted molar refractivity (Wildman–Crippen MR) is 77.0 cm³/mol. The Labute approximate surface area is 117 Å². The number of amides is 1. The molecule has 0 spiro atoms. The summed E-state index contributed by atoms with van der Waals surface area (Å²) in [5.74, 6) is 0.143. The van der Waals surface area contributed by atoms with Gasteiger partial charge in [-0.2, -0.15) is 0 Å². The average Bonchev–Trinajstić information content (AvgIpc) is 2.90. The van der Waals surface area contributed by atoms with Gasteiger partial charge in [-0.25, -0.2) is 4.98 Å². The van der Waals surface area contributed by atoms with E-state index in [1.807, 2.05) is 20.8 Å². The molecule has 1 heterocycles. The number of nitrogens with zero attached hydrogens (tertiary/aromatic N) is 2. The van der Waals surface area contributed by atoms with Gasteiger partial charge < -0.3 is 4.98 Å². The van der Waals surface area contributed by atoms with Crippen LogP contribution in [0, 0.1) is 0 Å². The van der Waals surface area contributed by atoms with Gasteiger partial charge in [0.15, 0.2) is 0 Å². The van der Waals surface area contributed by atoms with Gasteiger partial charge >= 0.3 is 0 Å². The summed E-state index contributed by atoms with van der Waals surface area (Å²) in [6, 6.07) is 6.70. The highest BCUT2D eigenvalue weighted by molar-refractivity contribution is 6.03. The Kier molecular flexibility index (Phi) is 3.76. The molecule has 6 heteroatoms. The van der Waals surface area contributed by atoms with Crippen LogP contribution in [-0.4, -0.2) is 26.6 Å². The van der Waals surface area contributed by atoms with Crippen molar-refractivity contribution in [1.82, 2.24) is 9.97 Å². The zero-order valence-corrected chi connectivity index (χ0v) is 11.7. The lowest BCUT2D eigenvalue weighted by atomic mass is 10.1. The molecule has 1 aromatic carbocycles. The van der Waals surface area contributed by atoms with Crippen molar-refractivity contribution in [2.75, 3.05) is 10.4 Å². The Morgan fingerprint density at radius 2 is 1.95 bits per heavy atom. The maximum absolute atomic E-state index is 11.9. The van der Waals surface area contributed by atoms with E-state index in [2.05, 4.69) is 15.3 Å². The molecule has 20 heavy (non-hydrogen) atoms. The maximum Gasteiger partial charge on any atom is 0.257 e. The van der Waals surface area contributed by atoms with Crippen LogP contribution in [0.4, 0.5) is 11.6 Å². The zero-order valence-electron chi connectivity index (χ0n) is 11.7. The molecule has 0 aliphatic heterocycles. The molecular formula is C14H18N4O2. The van der Waals surface area contributed by atoms with E-state index >= 15 is 0 Å². The summed E-state index contributed by atoms with van der Waals surface area (Å²) in [6.07, 6.45) is 3.19. The molecular weight excluding hydrogens is 256 g/mol. The van der Waals surface area contributed by atoms with Crippen molar-refractivity contribution >= 4 is 17.5 Å². The minimum Gasteiger partial charge on any atom is -0.331 e. The number of imidazole rings is 1. The Hall–Kier alpha value is -2.34. The van der Waals surface area contributed by atoms with Crippen LogP contribution in [0.3, 0.4) is 0 Å². The average molecular weight is 274 g/mol. The third kappa shape index (κ3) is 3.16. The lowest BCUT2D eigenvalue weighted by Crippen LogP contribution is -2.38. The Morgan fingerprint density at radius 1 is 1.30 bits per heavy atom. The summed E-state index contributed by atoms with van der Waals surface area (Å²) in [5.41, 5.74) is 0.720. The fraction of sp³-hybridized carbons (Fsp3) is 0.286. The van der Waals surface area contributed by atoms with Crippen LogP contribution < -0.4 is 10.4 Å². The zero-order chi connectivity index (χ0) is 14.8. The first-order valence-electron chi connectivity index (χ1n) is 6.28. The van der Waals surface area contributed by atoms with Gasteiger partial charge in [0.1, 0.15) is 0 Å². The highest BCUT2D eigenvalue weighted by Gasteiger charge is 2.20. The number of hydroxylamine groups is 1. The first-order chi connectivity index (χ1) is 9.38. The van der Waals surface area contributed by atoms with Gasteiger partial charge in [-0.1, -0.05) is 0 Å². The Balaban J connectivity index is 2.10. The number of aromatic amines is 1. The molecule has 1 aromatic heterocycles. The maximum atomic E-state index is 11.9. The number of benzene rings is 1. The molecule has 0 unspecified atom stereocenters.